The number of rotatable bonds is 1. The van der Waals surface area contributed by atoms with Crippen molar-refractivity contribution in [2.75, 3.05) is 12.8 Å². The van der Waals surface area contributed by atoms with Gasteiger partial charge in [0.05, 0.1) is 18.3 Å². The predicted octanol–water partition coefficient (Wildman–Crippen LogP) is 1.13. The van der Waals surface area contributed by atoms with Gasteiger partial charge < -0.3 is 15.0 Å². The maximum Gasteiger partial charge on any atom is 0.250 e. The Bertz CT molecular complexity index is 573. The molecule has 0 fully saturated rings. The molecule has 1 heterocycles. The maximum atomic E-state index is 11.4. The molecule has 15 heavy (non-hydrogen) atoms. The van der Waals surface area contributed by atoms with Crippen LogP contribution >= 0.6 is 0 Å². The van der Waals surface area contributed by atoms with E-state index in [0.29, 0.717) is 11.4 Å². The fourth-order valence-corrected chi connectivity index (χ4v) is 1.67. The molecule has 2 rings (SSSR count). The van der Waals surface area contributed by atoms with Crippen molar-refractivity contribution in [2.45, 2.75) is 0 Å². The third-order valence-corrected chi connectivity index (χ3v) is 2.49. The third kappa shape index (κ3) is 1.34. The highest BCUT2D eigenvalue weighted by atomic mass is 16.5. The Morgan fingerprint density at radius 3 is 2.67 bits per heavy atom. The monoisotopic (exact) mass is 204 g/mol. The van der Waals surface area contributed by atoms with E-state index in [1.54, 1.807) is 30.9 Å². The van der Waals surface area contributed by atoms with Crippen molar-refractivity contribution in [1.82, 2.24) is 4.57 Å². The highest BCUT2D eigenvalue weighted by Gasteiger charge is 2.07. The van der Waals surface area contributed by atoms with Crippen LogP contribution in [0.1, 0.15) is 0 Å². The summed E-state index contributed by atoms with van der Waals surface area (Å²) < 4.78 is 6.78. The molecule has 2 N–H and O–H groups in total. The minimum Gasteiger partial charge on any atom is -0.494 e. The number of anilines is 1. The van der Waals surface area contributed by atoms with E-state index in [9.17, 15) is 4.79 Å². The molecule has 0 atom stereocenters. The van der Waals surface area contributed by atoms with Crippen LogP contribution in [0.4, 0.5) is 5.69 Å². The summed E-state index contributed by atoms with van der Waals surface area (Å²) in [6.07, 6.45) is 0. The lowest BCUT2D eigenvalue weighted by Gasteiger charge is -2.10. The number of aromatic nitrogens is 1. The lowest BCUT2D eigenvalue weighted by molar-refractivity contribution is 0.421. The fourth-order valence-electron chi connectivity index (χ4n) is 1.67. The van der Waals surface area contributed by atoms with Crippen LogP contribution < -0.4 is 16.0 Å². The summed E-state index contributed by atoms with van der Waals surface area (Å²) in [5.74, 6) is 0.614. The summed E-state index contributed by atoms with van der Waals surface area (Å²) in [7, 11) is 3.29. The van der Waals surface area contributed by atoms with Crippen LogP contribution in [0.3, 0.4) is 0 Å². The molecule has 0 radical (unpaired) electrons. The summed E-state index contributed by atoms with van der Waals surface area (Å²) in [6.45, 7) is 0. The molecule has 4 nitrogen and oxygen atoms in total. The molecule has 4 heteroatoms. The van der Waals surface area contributed by atoms with Gasteiger partial charge >= 0.3 is 0 Å². The zero-order valence-electron chi connectivity index (χ0n) is 8.65. The molecule has 0 amide bonds. The summed E-state index contributed by atoms with van der Waals surface area (Å²) >= 11 is 0. The zero-order valence-corrected chi connectivity index (χ0v) is 8.65. The number of nitrogens with zero attached hydrogens (tertiary/aromatic N) is 1. The summed E-state index contributed by atoms with van der Waals surface area (Å²) in [4.78, 5) is 11.4. The summed E-state index contributed by atoms with van der Waals surface area (Å²) in [6, 6.07) is 6.78. The van der Waals surface area contributed by atoms with Gasteiger partial charge in [0.15, 0.2) is 5.75 Å². The first-order valence-electron chi connectivity index (χ1n) is 4.57. The van der Waals surface area contributed by atoms with Gasteiger partial charge in [0.2, 0.25) is 0 Å². The number of pyridine rings is 1. The quantitative estimate of drug-likeness (QED) is 0.708. The minimum absolute atomic E-state index is 0.0469. The Labute approximate surface area is 86.9 Å². The van der Waals surface area contributed by atoms with E-state index in [4.69, 9.17) is 10.5 Å². The van der Waals surface area contributed by atoms with E-state index in [0.717, 1.165) is 10.9 Å². The first-order chi connectivity index (χ1) is 7.15. The molecule has 0 unspecified atom stereocenters. The van der Waals surface area contributed by atoms with Gasteiger partial charge in [-0.15, -0.1) is 0 Å². The lowest BCUT2D eigenvalue weighted by atomic mass is 10.1. The van der Waals surface area contributed by atoms with Crippen molar-refractivity contribution in [1.29, 1.82) is 0 Å². The number of benzene rings is 1. The molecule has 1 aromatic heterocycles. The number of hydrogen-bond donors (Lipinski definition) is 1. The van der Waals surface area contributed by atoms with Gasteiger partial charge in [0.25, 0.3) is 5.56 Å². The molecular weight excluding hydrogens is 192 g/mol. The molecule has 0 bridgehead atoms. The second-order valence-electron chi connectivity index (χ2n) is 3.35. The van der Waals surface area contributed by atoms with Crippen LogP contribution in [-0.2, 0) is 7.05 Å². The van der Waals surface area contributed by atoms with E-state index in [-0.39, 0.29) is 5.56 Å². The van der Waals surface area contributed by atoms with Gasteiger partial charge in [-0.2, -0.15) is 0 Å². The normalized spacial score (nSPS) is 10.5. The molecule has 0 aliphatic carbocycles. The second kappa shape index (κ2) is 3.31. The average Bonchev–Trinajstić information content (AvgIpc) is 2.23. The predicted molar refractivity (Wildman–Crippen MR) is 60.2 cm³/mol. The van der Waals surface area contributed by atoms with Crippen LogP contribution in [-0.4, -0.2) is 11.7 Å². The number of nitrogen functional groups attached to an aromatic ring is 1. The van der Waals surface area contributed by atoms with Gasteiger partial charge in [0.1, 0.15) is 0 Å². The number of hydrogen-bond acceptors (Lipinski definition) is 3. The van der Waals surface area contributed by atoms with Crippen LogP contribution in [0.5, 0.6) is 5.75 Å². The molecule has 1 aromatic carbocycles. The Kier molecular flexibility index (Phi) is 2.11. The number of aryl methyl sites for hydroxylation is 1. The average molecular weight is 204 g/mol. The highest BCUT2D eigenvalue weighted by molar-refractivity contribution is 5.90. The molecule has 0 aliphatic rings. The molecule has 0 aliphatic heterocycles. The van der Waals surface area contributed by atoms with Crippen LogP contribution in [0.25, 0.3) is 10.9 Å². The molecule has 0 saturated carbocycles. The molecule has 2 aromatic rings. The molecule has 0 saturated heterocycles. The largest absolute Gasteiger partial charge is 0.494 e. The Morgan fingerprint density at radius 2 is 2.00 bits per heavy atom. The molecular formula is C11H12N2O2. The van der Waals surface area contributed by atoms with Crippen LogP contribution in [0, 0.1) is 0 Å². The fraction of sp³-hybridized carbons (Fsp3) is 0.182. The third-order valence-electron chi connectivity index (χ3n) is 2.49. The maximum absolute atomic E-state index is 11.4. The van der Waals surface area contributed by atoms with Gasteiger partial charge in [-0.05, 0) is 18.2 Å². The molecule has 78 valence electrons. The first kappa shape index (κ1) is 9.58. The number of ether oxygens (including phenoxy) is 1. The van der Waals surface area contributed by atoms with Gasteiger partial charge in [-0.3, -0.25) is 4.79 Å². The van der Waals surface area contributed by atoms with E-state index in [1.807, 2.05) is 6.07 Å². The Hall–Kier alpha value is -1.97. The van der Waals surface area contributed by atoms with E-state index >= 15 is 0 Å². The number of methoxy groups -OCH3 is 1. The van der Waals surface area contributed by atoms with Crippen molar-refractivity contribution in [3.63, 3.8) is 0 Å². The Balaban J connectivity index is 2.96. The van der Waals surface area contributed by atoms with Crippen molar-refractivity contribution >= 4 is 16.6 Å². The van der Waals surface area contributed by atoms with Gasteiger partial charge in [-0.1, -0.05) is 0 Å². The van der Waals surface area contributed by atoms with Crippen LogP contribution in [0.15, 0.2) is 29.1 Å². The van der Waals surface area contributed by atoms with Crippen molar-refractivity contribution in [3.8, 4) is 5.75 Å². The SMILES string of the molecule is COc1c(N)ccc2c1ccc(=O)n2C. The topological polar surface area (TPSA) is 57.2 Å². The van der Waals surface area contributed by atoms with Crippen molar-refractivity contribution in [2.24, 2.45) is 7.05 Å². The number of nitrogens with two attached hydrogens (primary N) is 1. The lowest BCUT2D eigenvalue weighted by Crippen LogP contribution is -2.15. The second-order valence-corrected chi connectivity index (χ2v) is 3.35. The van der Waals surface area contributed by atoms with E-state index in [2.05, 4.69) is 0 Å². The van der Waals surface area contributed by atoms with Gasteiger partial charge in [0, 0.05) is 18.5 Å². The Morgan fingerprint density at radius 1 is 1.27 bits per heavy atom. The summed E-state index contributed by atoms with van der Waals surface area (Å²) in [5.41, 5.74) is 7.11. The minimum atomic E-state index is -0.0469. The van der Waals surface area contributed by atoms with E-state index in [1.165, 1.54) is 6.07 Å². The van der Waals surface area contributed by atoms with Crippen molar-refractivity contribution < 1.29 is 4.74 Å². The smallest absolute Gasteiger partial charge is 0.250 e. The van der Waals surface area contributed by atoms with Gasteiger partial charge in [-0.25, -0.2) is 0 Å². The number of fused-ring (bicyclic) bond motifs is 1. The standard InChI is InChI=1S/C11H12N2O2/c1-13-9-5-4-8(12)11(15-2)7(9)3-6-10(13)14/h3-6H,12H2,1-2H3. The van der Waals surface area contributed by atoms with Crippen LogP contribution in [0.2, 0.25) is 0 Å². The van der Waals surface area contributed by atoms with E-state index < -0.39 is 0 Å². The van der Waals surface area contributed by atoms with Crippen molar-refractivity contribution in [3.05, 3.63) is 34.6 Å². The highest BCUT2D eigenvalue weighted by Crippen LogP contribution is 2.30. The first-order valence-corrected chi connectivity index (χ1v) is 4.57. The molecule has 0 spiro atoms. The summed E-state index contributed by atoms with van der Waals surface area (Å²) in [5, 5.41) is 0.847. The zero-order chi connectivity index (χ0) is 11.0.